The fraction of sp³-hybridized carbons (Fsp3) is 0.558. The van der Waals surface area contributed by atoms with Crippen LogP contribution in [0, 0.1) is 10.8 Å². The SMILES string of the molecule is CC1c2c([nH]c(N)c2/C=C(\N)c2ccccc2O)CCN1c1ncc(C2CCN(C3CC4(C3)CN(C(=O)NC(C(=O)N3CCCC3C(N)=O)C(C)(C)C)C4)CC2)cn1. The Hall–Kier alpha value is -5.31. The number of primary amides is 1. The number of rotatable bonds is 8. The summed E-state index contributed by atoms with van der Waals surface area (Å²) in [5, 5.41) is 13.4. The summed E-state index contributed by atoms with van der Waals surface area (Å²) in [6.45, 7) is 12.6. The Morgan fingerprint density at radius 1 is 1.02 bits per heavy atom. The number of aromatic nitrogens is 3. The molecule has 6 heterocycles. The van der Waals surface area contributed by atoms with Crippen molar-refractivity contribution < 1.29 is 19.5 Å². The summed E-state index contributed by atoms with van der Waals surface area (Å²) in [5.41, 5.74) is 23.3. The molecule has 4 aliphatic heterocycles. The Kier molecular flexibility index (Phi) is 10.3. The number of likely N-dealkylation sites (tertiary alicyclic amines) is 3. The summed E-state index contributed by atoms with van der Waals surface area (Å²) in [4.78, 5) is 60.3. The number of aromatic amines is 1. The average Bonchev–Trinajstić information content (AvgIpc) is 3.78. The Morgan fingerprint density at radius 2 is 1.71 bits per heavy atom. The molecular weight excluding hydrogens is 735 g/mol. The standard InChI is InChI=1S/C43H59N11O4/c1-25-35-30(18-31(44)29-8-5-6-10-34(29)55)37(45)49-32(35)13-17-53(25)40-47-21-27(22-48-40)26-11-15-51(16-12-26)28-19-43(20-28)23-52(24-43)41(58)50-36(42(2,3)4)39(57)54-14-7-9-33(54)38(46)56/h5-6,8,10,18,21-22,25-26,28,33,36,49,55H,7,9,11-17,19-20,23-24,44-45H2,1-4H3,(H2,46,56)(H,50,58)/b31-18-. The predicted octanol–water partition coefficient (Wildman–Crippen LogP) is 3.92. The van der Waals surface area contributed by atoms with Gasteiger partial charge < -0.3 is 52.2 Å². The maximum Gasteiger partial charge on any atom is 0.318 e. The van der Waals surface area contributed by atoms with Crippen molar-refractivity contribution in [2.24, 2.45) is 22.3 Å². The first kappa shape index (κ1) is 39.5. The molecule has 310 valence electrons. The van der Waals surface area contributed by atoms with E-state index in [0.29, 0.717) is 61.0 Å². The van der Waals surface area contributed by atoms with Gasteiger partial charge in [0, 0.05) is 84.5 Å². The highest BCUT2D eigenvalue weighted by Gasteiger charge is 2.55. The lowest BCUT2D eigenvalue weighted by Crippen LogP contribution is -2.70. The number of fused-ring (bicyclic) bond motifs is 1. The molecule has 1 spiro atoms. The van der Waals surface area contributed by atoms with E-state index in [1.807, 2.05) is 50.2 Å². The van der Waals surface area contributed by atoms with Gasteiger partial charge in [0.1, 0.15) is 23.7 Å². The second kappa shape index (κ2) is 15.1. The molecule has 1 aromatic carbocycles. The number of amides is 4. The number of phenols is 1. The van der Waals surface area contributed by atoms with Crippen LogP contribution in [0.1, 0.15) is 106 Å². The lowest BCUT2D eigenvalue weighted by Gasteiger charge is -2.61. The Labute approximate surface area is 340 Å². The number of nitrogens with one attached hydrogen (secondary N) is 2. The zero-order valence-electron chi connectivity index (χ0n) is 34.2. The molecule has 1 aliphatic carbocycles. The molecule has 3 aromatic rings. The van der Waals surface area contributed by atoms with Crippen LogP contribution < -0.4 is 27.4 Å². The Morgan fingerprint density at radius 3 is 2.36 bits per heavy atom. The van der Waals surface area contributed by atoms with Crippen LogP contribution in [0.4, 0.5) is 16.6 Å². The van der Waals surface area contributed by atoms with E-state index in [1.54, 1.807) is 23.1 Å². The van der Waals surface area contributed by atoms with Gasteiger partial charge in [0.2, 0.25) is 17.8 Å². The Balaban J connectivity index is 0.819. The van der Waals surface area contributed by atoms with Crippen LogP contribution in [-0.2, 0) is 16.0 Å². The van der Waals surface area contributed by atoms with E-state index >= 15 is 0 Å². The lowest BCUT2D eigenvalue weighted by molar-refractivity contribution is -0.141. The topological polar surface area (TPSA) is 216 Å². The van der Waals surface area contributed by atoms with Gasteiger partial charge in [-0.15, -0.1) is 0 Å². The van der Waals surface area contributed by atoms with Crippen molar-refractivity contribution in [1.29, 1.82) is 0 Å². The molecule has 15 nitrogen and oxygen atoms in total. The molecule has 5 aliphatic rings. The largest absolute Gasteiger partial charge is 0.507 e. The van der Waals surface area contributed by atoms with Crippen LogP contribution in [0.3, 0.4) is 0 Å². The van der Waals surface area contributed by atoms with E-state index in [2.05, 4.69) is 27.0 Å². The molecule has 3 unspecified atom stereocenters. The first-order chi connectivity index (χ1) is 27.6. The molecular formula is C43H59N11O4. The maximum absolute atomic E-state index is 13.6. The highest BCUT2D eigenvalue weighted by Crippen LogP contribution is 2.51. The van der Waals surface area contributed by atoms with E-state index in [1.165, 1.54) is 5.56 Å². The Bertz CT molecular complexity index is 2070. The van der Waals surface area contributed by atoms with Crippen molar-refractivity contribution in [3.05, 3.63) is 64.6 Å². The minimum Gasteiger partial charge on any atom is -0.507 e. The number of phenolic OH excluding ortho intramolecular Hbond substituents is 1. The fourth-order valence-electron chi connectivity index (χ4n) is 10.2. The highest BCUT2D eigenvalue weighted by atomic mass is 16.3. The molecule has 4 fully saturated rings. The van der Waals surface area contributed by atoms with Gasteiger partial charge in [-0.2, -0.15) is 0 Å². The second-order valence-corrected chi connectivity index (χ2v) is 18.5. The molecule has 15 heteroatoms. The van der Waals surface area contributed by atoms with Crippen LogP contribution in [0.2, 0.25) is 0 Å². The number of para-hydroxylation sites is 1. The molecule has 8 rings (SSSR count). The normalized spacial score (nSPS) is 23.3. The van der Waals surface area contributed by atoms with Gasteiger partial charge in [0.05, 0.1) is 6.04 Å². The number of hydrogen-bond donors (Lipinski definition) is 6. The third-order valence-electron chi connectivity index (χ3n) is 13.5. The number of H-pyrrole nitrogens is 1. The number of nitrogen functional groups attached to an aromatic ring is 1. The number of nitrogens with zero attached hydrogens (tertiary/aromatic N) is 6. The van der Waals surface area contributed by atoms with Crippen molar-refractivity contribution in [3.8, 4) is 5.75 Å². The smallest absolute Gasteiger partial charge is 0.318 e. The van der Waals surface area contributed by atoms with Crippen LogP contribution in [0.25, 0.3) is 11.8 Å². The first-order valence-electron chi connectivity index (χ1n) is 20.9. The van der Waals surface area contributed by atoms with Crippen molar-refractivity contribution in [1.82, 2.24) is 35.0 Å². The van der Waals surface area contributed by atoms with E-state index in [-0.39, 0.29) is 29.1 Å². The number of hydrogen-bond acceptors (Lipinski definition) is 10. The molecule has 3 saturated heterocycles. The third-order valence-corrected chi connectivity index (χ3v) is 13.5. The van der Waals surface area contributed by atoms with Gasteiger partial charge in [0.25, 0.3) is 0 Å². The number of piperidine rings is 1. The minimum atomic E-state index is -0.742. The van der Waals surface area contributed by atoms with Crippen molar-refractivity contribution in [2.75, 3.05) is 49.9 Å². The lowest BCUT2D eigenvalue weighted by atomic mass is 9.60. The van der Waals surface area contributed by atoms with Gasteiger partial charge in [-0.3, -0.25) is 9.59 Å². The van der Waals surface area contributed by atoms with E-state index in [9.17, 15) is 19.5 Å². The zero-order valence-corrected chi connectivity index (χ0v) is 34.2. The molecule has 1 saturated carbocycles. The van der Waals surface area contributed by atoms with Crippen LogP contribution in [0.5, 0.6) is 5.75 Å². The van der Waals surface area contributed by atoms with Gasteiger partial charge in [-0.25, -0.2) is 14.8 Å². The average molecular weight is 794 g/mol. The van der Waals surface area contributed by atoms with E-state index < -0.39 is 23.4 Å². The number of benzene rings is 1. The van der Waals surface area contributed by atoms with Crippen molar-refractivity contribution in [2.45, 2.75) is 103 Å². The molecule has 0 radical (unpaired) electrons. The number of nitrogens with two attached hydrogens (primary N) is 3. The summed E-state index contributed by atoms with van der Waals surface area (Å²) in [6.07, 6.45) is 12.2. The molecule has 9 N–H and O–H groups in total. The maximum atomic E-state index is 13.6. The van der Waals surface area contributed by atoms with Crippen molar-refractivity contribution >= 4 is 41.4 Å². The molecule has 58 heavy (non-hydrogen) atoms. The summed E-state index contributed by atoms with van der Waals surface area (Å²) in [6, 6.07) is 5.93. The van der Waals surface area contributed by atoms with Crippen LogP contribution in [0.15, 0.2) is 36.7 Å². The summed E-state index contributed by atoms with van der Waals surface area (Å²) >= 11 is 0. The fourth-order valence-corrected chi connectivity index (χ4v) is 10.2. The molecule has 2 aromatic heterocycles. The zero-order chi connectivity index (χ0) is 41.1. The van der Waals surface area contributed by atoms with Gasteiger partial charge in [0.15, 0.2) is 0 Å². The number of urea groups is 1. The van der Waals surface area contributed by atoms with Gasteiger partial charge in [-0.05, 0) is 93.6 Å². The van der Waals surface area contributed by atoms with Crippen LogP contribution in [-0.4, -0.2) is 110 Å². The highest BCUT2D eigenvalue weighted by molar-refractivity contribution is 5.92. The summed E-state index contributed by atoms with van der Waals surface area (Å²) in [7, 11) is 0. The number of carbonyl (C=O) groups is 3. The van der Waals surface area contributed by atoms with Gasteiger partial charge in [-0.1, -0.05) is 32.9 Å². The molecule has 0 bridgehead atoms. The second-order valence-electron chi connectivity index (χ2n) is 18.5. The van der Waals surface area contributed by atoms with E-state index in [0.717, 1.165) is 75.0 Å². The van der Waals surface area contributed by atoms with Gasteiger partial charge >= 0.3 is 6.03 Å². The van der Waals surface area contributed by atoms with Crippen LogP contribution >= 0.6 is 0 Å². The minimum absolute atomic E-state index is 0.0419. The summed E-state index contributed by atoms with van der Waals surface area (Å²) in [5.74, 6) is 1.04. The van der Waals surface area contributed by atoms with E-state index in [4.69, 9.17) is 27.2 Å². The number of anilines is 2. The monoisotopic (exact) mass is 793 g/mol. The third kappa shape index (κ3) is 7.33. The molecule has 4 amide bonds. The number of aromatic hydroxyl groups is 1. The quantitative estimate of drug-likeness (QED) is 0.193. The summed E-state index contributed by atoms with van der Waals surface area (Å²) < 4.78 is 0. The number of carbonyl (C=O) groups excluding carboxylic acids is 3. The first-order valence-corrected chi connectivity index (χ1v) is 20.9. The van der Waals surface area contributed by atoms with Crippen molar-refractivity contribution in [3.63, 3.8) is 0 Å². The molecule has 3 atom stereocenters. The predicted molar refractivity (Wildman–Crippen MR) is 223 cm³/mol.